The fourth-order valence-electron chi connectivity index (χ4n) is 2.52. The van der Waals surface area contributed by atoms with Gasteiger partial charge in [-0.3, -0.25) is 4.79 Å². The third kappa shape index (κ3) is 1.86. The van der Waals surface area contributed by atoms with E-state index < -0.39 is 0 Å². The molecule has 0 bridgehead atoms. The van der Waals surface area contributed by atoms with E-state index in [1.807, 2.05) is 18.2 Å². The number of ether oxygens (including phenoxy) is 2. The van der Waals surface area contributed by atoms with Gasteiger partial charge in [0.05, 0.1) is 0 Å². The molecule has 4 rings (SSSR count). The molecular weight excluding hydrogens is 256 g/mol. The molecule has 2 heterocycles. The molecule has 3 aliphatic rings. The third-order valence-electron chi connectivity index (χ3n) is 3.91. The van der Waals surface area contributed by atoms with Crippen LogP contribution in [-0.4, -0.2) is 18.5 Å². The van der Waals surface area contributed by atoms with E-state index in [1.54, 1.807) is 6.08 Å². The van der Waals surface area contributed by atoms with E-state index >= 15 is 0 Å². The molecule has 5 nitrogen and oxygen atoms in total. The highest BCUT2D eigenvalue weighted by Gasteiger charge is 2.30. The van der Waals surface area contributed by atoms with Gasteiger partial charge in [0.15, 0.2) is 11.5 Å². The Morgan fingerprint density at radius 2 is 2.10 bits per heavy atom. The molecule has 2 aliphatic heterocycles. The standard InChI is InChI=1S/C15H14N2O3/c18-15-11(16-14(17-15)10-2-1-3-10)6-9-4-5-12-13(7-9)20-8-19-12/h4-7,10H,1-3,8H2,(H,16,17,18)/b11-6+. The van der Waals surface area contributed by atoms with Crippen LogP contribution in [0, 0.1) is 5.92 Å². The first kappa shape index (κ1) is 11.5. The molecule has 1 N–H and O–H groups in total. The van der Waals surface area contributed by atoms with E-state index in [9.17, 15) is 4.79 Å². The van der Waals surface area contributed by atoms with Gasteiger partial charge in [0.2, 0.25) is 6.79 Å². The molecule has 0 aromatic heterocycles. The van der Waals surface area contributed by atoms with E-state index in [0.29, 0.717) is 17.4 Å². The van der Waals surface area contributed by atoms with Gasteiger partial charge < -0.3 is 14.8 Å². The Hall–Kier alpha value is -2.30. The summed E-state index contributed by atoms with van der Waals surface area (Å²) in [5.41, 5.74) is 1.35. The molecular formula is C15H14N2O3. The number of fused-ring (bicyclic) bond motifs is 1. The maximum atomic E-state index is 11.9. The van der Waals surface area contributed by atoms with Gasteiger partial charge in [0.25, 0.3) is 5.91 Å². The summed E-state index contributed by atoms with van der Waals surface area (Å²) in [6.45, 7) is 0.250. The summed E-state index contributed by atoms with van der Waals surface area (Å²) < 4.78 is 10.6. The number of carbonyl (C=O) groups excluding carboxylic acids is 1. The van der Waals surface area contributed by atoms with Gasteiger partial charge in [0.1, 0.15) is 11.5 Å². The lowest BCUT2D eigenvalue weighted by Crippen LogP contribution is -2.33. The van der Waals surface area contributed by atoms with E-state index in [0.717, 1.165) is 30.0 Å². The molecule has 1 fully saturated rings. The predicted molar refractivity (Wildman–Crippen MR) is 73.5 cm³/mol. The minimum absolute atomic E-state index is 0.121. The number of benzene rings is 1. The Labute approximate surface area is 116 Å². The summed E-state index contributed by atoms with van der Waals surface area (Å²) in [5, 5.41) is 2.87. The summed E-state index contributed by atoms with van der Waals surface area (Å²) in [5.74, 6) is 2.59. The summed E-state index contributed by atoms with van der Waals surface area (Å²) in [7, 11) is 0. The predicted octanol–water partition coefficient (Wildman–Crippen LogP) is 2.08. The quantitative estimate of drug-likeness (QED) is 0.837. The summed E-state index contributed by atoms with van der Waals surface area (Å²) in [6, 6.07) is 5.60. The van der Waals surface area contributed by atoms with Crippen LogP contribution in [0.5, 0.6) is 11.5 Å². The molecule has 1 aliphatic carbocycles. The molecule has 0 radical (unpaired) electrons. The van der Waals surface area contributed by atoms with Crippen molar-refractivity contribution < 1.29 is 14.3 Å². The zero-order valence-electron chi connectivity index (χ0n) is 10.9. The SMILES string of the molecule is O=C1NC(C2CCC2)=N/C1=C/c1ccc2c(c1)OCO2. The number of amides is 1. The largest absolute Gasteiger partial charge is 0.454 e. The third-order valence-corrected chi connectivity index (χ3v) is 3.91. The van der Waals surface area contributed by atoms with Gasteiger partial charge in [-0.1, -0.05) is 12.5 Å². The monoisotopic (exact) mass is 270 g/mol. The van der Waals surface area contributed by atoms with Crippen LogP contribution in [0.4, 0.5) is 0 Å². The van der Waals surface area contributed by atoms with Gasteiger partial charge in [-0.25, -0.2) is 4.99 Å². The zero-order valence-corrected chi connectivity index (χ0v) is 10.9. The molecule has 0 saturated heterocycles. The molecule has 0 atom stereocenters. The second-order valence-electron chi connectivity index (χ2n) is 5.22. The Bertz CT molecular complexity index is 645. The summed E-state index contributed by atoms with van der Waals surface area (Å²) in [4.78, 5) is 16.3. The van der Waals surface area contributed by atoms with E-state index in [-0.39, 0.29) is 12.7 Å². The Morgan fingerprint density at radius 3 is 2.90 bits per heavy atom. The van der Waals surface area contributed by atoms with Crippen molar-refractivity contribution in [3.63, 3.8) is 0 Å². The molecule has 20 heavy (non-hydrogen) atoms. The van der Waals surface area contributed by atoms with Gasteiger partial charge >= 0.3 is 0 Å². The lowest BCUT2D eigenvalue weighted by molar-refractivity contribution is -0.115. The van der Waals surface area contributed by atoms with Gasteiger partial charge in [-0.15, -0.1) is 0 Å². The van der Waals surface area contributed by atoms with Gasteiger partial charge in [-0.2, -0.15) is 0 Å². The minimum Gasteiger partial charge on any atom is -0.454 e. The van der Waals surface area contributed by atoms with Crippen molar-refractivity contribution >= 4 is 17.8 Å². The van der Waals surface area contributed by atoms with Crippen LogP contribution >= 0.6 is 0 Å². The maximum absolute atomic E-state index is 11.9. The number of amidine groups is 1. The normalized spacial score (nSPS) is 22.7. The second-order valence-corrected chi connectivity index (χ2v) is 5.22. The van der Waals surface area contributed by atoms with Crippen LogP contribution in [0.1, 0.15) is 24.8 Å². The van der Waals surface area contributed by atoms with E-state index in [4.69, 9.17) is 9.47 Å². The molecule has 102 valence electrons. The van der Waals surface area contributed by atoms with Crippen molar-refractivity contribution in [2.24, 2.45) is 10.9 Å². The average Bonchev–Trinajstić information content (AvgIpc) is 2.95. The second kappa shape index (κ2) is 4.37. The van der Waals surface area contributed by atoms with Crippen LogP contribution < -0.4 is 14.8 Å². The maximum Gasteiger partial charge on any atom is 0.275 e. The van der Waals surface area contributed by atoms with Crippen molar-refractivity contribution in [1.82, 2.24) is 5.32 Å². The van der Waals surface area contributed by atoms with E-state index in [1.165, 1.54) is 6.42 Å². The fourth-order valence-corrected chi connectivity index (χ4v) is 2.52. The van der Waals surface area contributed by atoms with Crippen molar-refractivity contribution in [2.75, 3.05) is 6.79 Å². The number of nitrogens with one attached hydrogen (secondary N) is 1. The minimum atomic E-state index is -0.121. The number of nitrogens with zero attached hydrogens (tertiary/aromatic N) is 1. The molecule has 1 amide bonds. The number of carbonyl (C=O) groups is 1. The molecule has 1 aromatic rings. The number of hydrogen-bond acceptors (Lipinski definition) is 4. The van der Waals surface area contributed by atoms with Crippen LogP contribution in [-0.2, 0) is 4.79 Å². The number of rotatable bonds is 2. The highest BCUT2D eigenvalue weighted by molar-refractivity contribution is 6.15. The van der Waals surface area contributed by atoms with Crippen molar-refractivity contribution in [1.29, 1.82) is 0 Å². The Balaban J connectivity index is 1.62. The Kier molecular flexibility index (Phi) is 2.52. The van der Waals surface area contributed by atoms with Crippen molar-refractivity contribution in [3.8, 4) is 11.5 Å². The Morgan fingerprint density at radius 1 is 1.25 bits per heavy atom. The first-order chi connectivity index (χ1) is 9.79. The topological polar surface area (TPSA) is 59.9 Å². The number of aliphatic imine (C=N–C) groups is 1. The molecule has 0 spiro atoms. The smallest absolute Gasteiger partial charge is 0.275 e. The summed E-state index contributed by atoms with van der Waals surface area (Å²) in [6.07, 6.45) is 5.25. The number of hydrogen-bond donors (Lipinski definition) is 1. The average molecular weight is 270 g/mol. The van der Waals surface area contributed by atoms with Crippen LogP contribution in [0.15, 0.2) is 28.9 Å². The van der Waals surface area contributed by atoms with Crippen LogP contribution in [0.3, 0.4) is 0 Å². The first-order valence-corrected chi connectivity index (χ1v) is 6.81. The molecule has 1 aromatic carbocycles. The zero-order chi connectivity index (χ0) is 13.5. The highest BCUT2D eigenvalue weighted by atomic mass is 16.7. The molecule has 5 heteroatoms. The highest BCUT2D eigenvalue weighted by Crippen LogP contribution is 2.34. The van der Waals surface area contributed by atoms with E-state index in [2.05, 4.69) is 10.3 Å². The summed E-state index contributed by atoms with van der Waals surface area (Å²) >= 11 is 0. The van der Waals surface area contributed by atoms with Gasteiger partial charge in [-0.05, 0) is 36.6 Å². The lowest BCUT2D eigenvalue weighted by atomic mass is 9.84. The first-order valence-electron chi connectivity index (χ1n) is 6.81. The fraction of sp³-hybridized carbons (Fsp3) is 0.333. The van der Waals surface area contributed by atoms with Crippen LogP contribution in [0.2, 0.25) is 0 Å². The molecule has 0 unspecified atom stereocenters. The lowest BCUT2D eigenvalue weighted by Gasteiger charge is -2.24. The molecule has 1 saturated carbocycles. The van der Waals surface area contributed by atoms with Crippen molar-refractivity contribution in [3.05, 3.63) is 29.5 Å². The van der Waals surface area contributed by atoms with Crippen molar-refractivity contribution in [2.45, 2.75) is 19.3 Å². The van der Waals surface area contributed by atoms with Crippen LogP contribution in [0.25, 0.3) is 6.08 Å². The van der Waals surface area contributed by atoms with Gasteiger partial charge in [0, 0.05) is 5.92 Å².